The Labute approximate surface area is 163 Å². The first-order valence-electron chi connectivity index (χ1n) is 8.99. The Balaban J connectivity index is 0.000000137. The van der Waals surface area contributed by atoms with E-state index in [1.54, 1.807) is 12.1 Å². The van der Waals surface area contributed by atoms with Crippen LogP contribution in [0.4, 0.5) is 0 Å². The van der Waals surface area contributed by atoms with Gasteiger partial charge in [-0.05, 0) is 45.8 Å². The molecule has 0 N–H and O–H groups in total. The monoisotopic (exact) mass is 356 g/mol. The lowest BCUT2D eigenvalue weighted by atomic mass is 10.0. The maximum Gasteiger partial charge on any atom is 0.0998 e. The van der Waals surface area contributed by atoms with E-state index < -0.39 is 0 Å². The Morgan fingerprint density at radius 1 is 0.429 bits per heavy atom. The highest BCUT2D eigenvalue weighted by Crippen LogP contribution is 2.22. The van der Waals surface area contributed by atoms with Crippen molar-refractivity contribution in [1.82, 2.24) is 0 Å². The fraction of sp³-hybridized carbons (Fsp3) is 0. The third-order valence-corrected chi connectivity index (χ3v) is 4.78. The topological polar surface area (TPSA) is 47.6 Å². The van der Waals surface area contributed by atoms with E-state index in [0.717, 1.165) is 10.8 Å². The summed E-state index contributed by atoms with van der Waals surface area (Å²) < 4.78 is 0. The summed E-state index contributed by atoms with van der Waals surface area (Å²) in [5.41, 5.74) is 1.22. The fourth-order valence-corrected chi connectivity index (χ4v) is 3.38. The highest BCUT2D eigenvalue weighted by Gasteiger charge is 2.03. The van der Waals surface area contributed by atoms with Crippen LogP contribution in [0.2, 0.25) is 0 Å². The minimum atomic E-state index is 0.611. The van der Waals surface area contributed by atoms with Gasteiger partial charge >= 0.3 is 0 Å². The van der Waals surface area contributed by atoms with Crippen molar-refractivity contribution in [1.29, 1.82) is 10.5 Å². The zero-order valence-corrected chi connectivity index (χ0v) is 15.1. The summed E-state index contributed by atoms with van der Waals surface area (Å²) in [4.78, 5) is 0. The van der Waals surface area contributed by atoms with Crippen molar-refractivity contribution in [3.8, 4) is 12.1 Å². The number of nitrogens with zero attached hydrogens (tertiary/aromatic N) is 2. The number of hydrogen-bond donors (Lipinski definition) is 0. The molecule has 0 amide bonds. The normalized spacial score (nSPS) is 10.1. The zero-order valence-electron chi connectivity index (χ0n) is 15.1. The van der Waals surface area contributed by atoms with Crippen molar-refractivity contribution < 1.29 is 0 Å². The molecule has 5 rings (SSSR count). The second-order valence-electron chi connectivity index (χ2n) is 6.48. The Morgan fingerprint density at radius 3 is 1.07 bits per heavy atom. The van der Waals surface area contributed by atoms with E-state index in [0.29, 0.717) is 11.1 Å². The zero-order chi connectivity index (χ0) is 19.3. The predicted octanol–water partition coefficient (Wildman–Crippen LogP) is 6.58. The summed E-state index contributed by atoms with van der Waals surface area (Å²) in [7, 11) is 0. The van der Waals surface area contributed by atoms with Crippen LogP contribution in [0.15, 0.2) is 97.1 Å². The van der Waals surface area contributed by atoms with E-state index in [2.05, 4.69) is 72.8 Å². The molecule has 0 bridgehead atoms. The number of fused-ring (bicyclic) bond motifs is 3. The Bertz CT molecular complexity index is 1230. The van der Waals surface area contributed by atoms with Gasteiger partial charge in [0.1, 0.15) is 0 Å². The van der Waals surface area contributed by atoms with Gasteiger partial charge in [-0.3, -0.25) is 0 Å². The minimum absolute atomic E-state index is 0.611. The molecule has 0 spiro atoms. The first-order valence-corrected chi connectivity index (χ1v) is 8.99. The molecule has 0 atom stereocenters. The average Bonchev–Trinajstić information content (AvgIpc) is 2.77. The van der Waals surface area contributed by atoms with E-state index in [1.807, 2.05) is 24.3 Å². The van der Waals surface area contributed by atoms with E-state index >= 15 is 0 Å². The summed E-state index contributed by atoms with van der Waals surface area (Å²) in [6.45, 7) is 0. The quantitative estimate of drug-likeness (QED) is 0.294. The Morgan fingerprint density at radius 2 is 0.750 bits per heavy atom. The van der Waals surface area contributed by atoms with Crippen LogP contribution >= 0.6 is 0 Å². The summed E-state index contributed by atoms with van der Waals surface area (Å²) >= 11 is 0. The largest absolute Gasteiger partial charge is 0.192 e. The minimum Gasteiger partial charge on any atom is -0.192 e. The van der Waals surface area contributed by atoms with Gasteiger partial charge in [-0.25, -0.2) is 0 Å². The molecule has 130 valence electrons. The maximum absolute atomic E-state index is 8.87. The summed E-state index contributed by atoms with van der Waals surface area (Å²) in [5, 5.41) is 24.7. The van der Waals surface area contributed by atoms with E-state index in [1.165, 1.54) is 21.5 Å². The molecule has 0 saturated heterocycles. The van der Waals surface area contributed by atoms with Crippen molar-refractivity contribution in [2.75, 3.05) is 0 Å². The molecular formula is C26H16N2. The van der Waals surface area contributed by atoms with Gasteiger partial charge in [0.05, 0.1) is 23.3 Å². The lowest BCUT2D eigenvalue weighted by Gasteiger charge is -2.00. The molecule has 0 radical (unpaired) electrons. The van der Waals surface area contributed by atoms with Crippen molar-refractivity contribution >= 4 is 32.3 Å². The van der Waals surface area contributed by atoms with Crippen LogP contribution in [0.1, 0.15) is 11.1 Å². The van der Waals surface area contributed by atoms with Crippen molar-refractivity contribution in [3.05, 3.63) is 108 Å². The molecule has 28 heavy (non-hydrogen) atoms. The van der Waals surface area contributed by atoms with Gasteiger partial charge < -0.3 is 0 Å². The molecule has 2 nitrogen and oxygen atoms in total. The second-order valence-corrected chi connectivity index (χ2v) is 6.48. The molecule has 0 saturated carbocycles. The smallest absolute Gasteiger partial charge is 0.0998 e. The molecule has 0 aliphatic heterocycles. The number of nitriles is 2. The number of rotatable bonds is 0. The molecule has 0 aliphatic rings. The Kier molecular flexibility index (Phi) is 4.70. The van der Waals surface area contributed by atoms with Gasteiger partial charge in [-0.1, -0.05) is 72.8 Å². The molecule has 5 aromatic carbocycles. The van der Waals surface area contributed by atoms with Crippen molar-refractivity contribution in [2.45, 2.75) is 0 Å². The van der Waals surface area contributed by atoms with Crippen molar-refractivity contribution in [3.63, 3.8) is 0 Å². The molecule has 0 heterocycles. The summed E-state index contributed by atoms with van der Waals surface area (Å²) in [6.07, 6.45) is 0. The van der Waals surface area contributed by atoms with Crippen LogP contribution < -0.4 is 0 Å². The van der Waals surface area contributed by atoms with Crippen molar-refractivity contribution in [2.24, 2.45) is 0 Å². The van der Waals surface area contributed by atoms with Gasteiger partial charge in [0.15, 0.2) is 0 Å². The van der Waals surface area contributed by atoms with Gasteiger partial charge in [-0.2, -0.15) is 10.5 Å². The molecule has 2 heteroatoms. The van der Waals surface area contributed by atoms with Crippen LogP contribution in [0.5, 0.6) is 0 Å². The average molecular weight is 356 g/mol. The molecule has 5 aromatic rings. The number of hydrogen-bond acceptors (Lipinski definition) is 2. The summed E-state index contributed by atoms with van der Waals surface area (Å²) in [5.74, 6) is 0. The molecule has 0 aliphatic carbocycles. The molecular weight excluding hydrogens is 340 g/mol. The van der Waals surface area contributed by atoms with Gasteiger partial charge in [-0.15, -0.1) is 0 Å². The van der Waals surface area contributed by atoms with E-state index in [-0.39, 0.29) is 0 Å². The molecule has 0 aromatic heterocycles. The predicted molar refractivity (Wildman–Crippen MR) is 115 cm³/mol. The SMILES string of the molecule is N#Cc1ccc(C#N)c2ccccc12.c1ccc2cc3ccccc3cc2c1. The van der Waals surface area contributed by atoms with E-state index in [9.17, 15) is 0 Å². The van der Waals surface area contributed by atoms with E-state index in [4.69, 9.17) is 10.5 Å². The maximum atomic E-state index is 8.87. The molecule has 0 unspecified atom stereocenters. The van der Waals surface area contributed by atoms with Crippen LogP contribution in [0.3, 0.4) is 0 Å². The Hall–Kier alpha value is -4.14. The highest BCUT2D eigenvalue weighted by atomic mass is 14.3. The fourth-order valence-electron chi connectivity index (χ4n) is 3.38. The standard InChI is InChI=1S/C14H10.C12H6N2/c1-2-6-12-10-14-8-4-3-7-13(14)9-11(12)5-1;13-7-9-5-6-10(8-14)12-4-2-1-3-11(9)12/h1-10H;1-6H. The van der Waals surface area contributed by atoms with Crippen LogP contribution in [-0.4, -0.2) is 0 Å². The van der Waals surface area contributed by atoms with Crippen LogP contribution in [-0.2, 0) is 0 Å². The van der Waals surface area contributed by atoms with Gasteiger partial charge in [0, 0.05) is 10.8 Å². The number of benzene rings is 5. The third kappa shape index (κ3) is 3.28. The van der Waals surface area contributed by atoms with Crippen LogP contribution in [0.25, 0.3) is 32.3 Å². The second kappa shape index (κ2) is 7.62. The lowest BCUT2D eigenvalue weighted by Crippen LogP contribution is -1.83. The molecule has 0 fully saturated rings. The van der Waals surface area contributed by atoms with Gasteiger partial charge in [0.2, 0.25) is 0 Å². The van der Waals surface area contributed by atoms with Gasteiger partial charge in [0.25, 0.3) is 0 Å². The third-order valence-electron chi connectivity index (χ3n) is 4.78. The first kappa shape index (κ1) is 17.3. The highest BCUT2D eigenvalue weighted by molar-refractivity contribution is 5.98. The summed E-state index contributed by atoms with van der Waals surface area (Å²) in [6, 6.07) is 36.5. The first-order chi connectivity index (χ1) is 13.8. The van der Waals surface area contributed by atoms with Crippen LogP contribution in [0, 0.1) is 22.7 Å². The lowest BCUT2D eigenvalue weighted by molar-refractivity contribution is 1.48.